The van der Waals surface area contributed by atoms with Gasteiger partial charge in [0, 0.05) is 43.5 Å². The van der Waals surface area contributed by atoms with Gasteiger partial charge in [0.1, 0.15) is 6.04 Å². The number of rotatable bonds is 6. The molecule has 0 aromatic carbocycles. The van der Waals surface area contributed by atoms with Crippen LogP contribution in [0.4, 0.5) is 0 Å². The van der Waals surface area contributed by atoms with E-state index in [-0.39, 0.29) is 12.1 Å². The van der Waals surface area contributed by atoms with Gasteiger partial charge >= 0.3 is 0 Å². The molecule has 4 rings (SSSR count). The minimum Gasteiger partial charge on any atom is -0.383 e. The molecule has 132 valence electrons. The third-order valence-electron chi connectivity index (χ3n) is 5.03. The van der Waals surface area contributed by atoms with Gasteiger partial charge in [-0.15, -0.1) is 0 Å². The first-order chi connectivity index (χ1) is 12.3. The third kappa shape index (κ3) is 2.98. The third-order valence-corrected chi connectivity index (χ3v) is 6.16. The first-order valence-electron chi connectivity index (χ1n) is 8.87. The molecule has 0 N–H and O–H groups in total. The van der Waals surface area contributed by atoms with Gasteiger partial charge in [0.05, 0.1) is 18.3 Å². The van der Waals surface area contributed by atoms with Gasteiger partial charge < -0.3 is 14.2 Å². The van der Waals surface area contributed by atoms with E-state index in [0.29, 0.717) is 12.6 Å². The van der Waals surface area contributed by atoms with Crippen molar-refractivity contribution in [1.29, 1.82) is 0 Å². The number of thioether (sulfide) groups is 1. The second kappa shape index (κ2) is 7.22. The topological polar surface area (TPSA) is 42.6 Å². The summed E-state index contributed by atoms with van der Waals surface area (Å²) in [6.45, 7) is 3.84. The molecule has 5 nitrogen and oxygen atoms in total. The Kier molecular flexibility index (Phi) is 4.81. The second-order valence-corrected chi connectivity index (χ2v) is 7.44. The maximum absolute atomic E-state index is 5.29. The van der Waals surface area contributed by atoms with Crippen molar-refractivity contribution in [3.8, 4) is 0 Å². The van der Waals surface area contributed by atoms with E-state index >= 15 is 0 Å². The molecule has 1 saturated heterocycles. The number of aromatic nitrogens is 2. The highest BCUT2D eigenvalue weighted by Crippen LogP contribution is 2.48. The lowest BCUT2D eigenvalue weighted by Gasteiger charge is -2.32. The summed E-state index contributed by atoms with van der Waals surface area (Å²) in [5.41, 5.74) is 2.34. The van der Waals surface area contributed by atoms with Crippen molar-refractivity contribution in [3.05, 3.63) is 54.1 Å². The molecule has 0 spiro atoms. The number of pyridine rings is 1. The Morgan fingerprint density at radius 2 is 2.20 bits per heavy atom. The zero-order chi connectivity index (χ0) is 17.2. The zero-order valence-corrected chi connectivity index (χ0v) is 15.5. The van der Waals surface area contributed by atoms with Crippen LogP contribution in [0.5, 0.6) is 0 Å². The molecule has 25 heavy (non-hydrogen) atoms. The van der Waals surface area contributed by atoms with Gasteiger partial charge in [-0.25, -0.2) is 0 Å². The van der Waals surface area contributed by atoms with Gasteiger partial charge in [-0.2, -0.15) is 0 Å². The molecule has 2 aromatic rings. The predicted molar refractivity (Wildman–Crippen MR) is 102 cm³/mol. The van der Waals surface area contributed by atoms with Gasteiger partial charge in [-0.05, 0) is 30.7 Å². The minimum absolute atomic E-state index is 0.0502. The minimum atomic E-state index is 0.0502. The molecule has 3 atom stereocenters. The van der Waals surface area contributed by atoms with E-state index in [0.717, 1.165) is 24.4 Å². The molecule has 0 saturated carbocycles. The number of amidine groups is 1. The summed E-state index contributed by atoms with van der Waals surface area (Å²) in [5, 5.41) is 1.17. The van der Waals surface area contributed by atoms with Gasteiger partial charge in [-0.3, -0.25) is 9.98 Å². The smallest absolute Gasteiger partial charge is 0.160 e. The van der Waals surface area contributed by atoms with E-state index in [1.54, 1.807) is 7.11 Å². The van der Waals surface area contributed by atoms with Crippen molar-refractivity contribution in [2.45, 2.75) is 38.0 Å². The fourth-order valence-electron chi connectivity index (χ4n) is 3.76. The highest BCUT2D eigenvalue weighted by atomic mass is 32.2. The van der Waals surface area contributed by atoms with Crippen LogP contribution in [0.3, 0.4) is 0 Å². The van der Waals surface area contributed by atoms with E-state index in [4.69, 9.17) is 9.73 Å². The van der Waals surface area contributed by atoms with Crippen molar-refractivity contribution >= 4 is 16.9 Å². The Morgan fingerprint density at radius 1 is 1.28 bits per heavy atom. The Labute approximate surface area is 153 Å². The van der Waals surface area contributed by atoms with Crippen LogP contribution in [0.2, 0.25) is 0 Å². The average molecular weight is 356 g/mol. The number of hydrogen-bond donors (Lipinski definition) is 0. The summed E-state index contributed by atoms with van der Waals surface area (Å²) in [6.07, 6.45) is 5.15. The quantitative estimate of drug-likeness (QED) is 0.794. The Hall–Kier alpha value is -1.79. The number of aliphatic imine (C=N–C) groups is 1. The van der Waals surface area contributed by atoms with Crippen LogP contribution in [-0.2, 0) is 11.3 Å². The Bertz CT molecular complexity index is 745. The SMILES string of the molecule is CC[C@H]1CSC2=N[C@@H](c3ccccn3)[C@@H](c3cccn3CCOC)N21. The van der Waals surface area contributed by atoms with Crippen molar-refractivity contribution in [1.82, 2.24) is 14.5 Å². The molecular formula is C19H24N4OS. The molecule has 0 aliphatic carbocycles. The summed E-state index contributed by atoms with van der Waals surface area (Å²) >= 11 is 1.88. The van der Waals surface area contributed by atoms with E-state index < -0.39 is 0 Å². The van der Waals surface area contributed by atoms with Crippen LogP contribution >= 0.6 is 11.8 Å². The van der Waals surface area contributed by atoms with Crippen molar-refractivity contribution < 1.29 is 4.74 Å². The fourth-order valence-corrected chi connectivity index (χ4v) is 5.10. The normalized spacial score (nSPS) is 25.3. The lowest BCUT2D eigenvalue weighted by atomic mass is 9.99. The van der Waals surface area contributed by atoms with Crippen molar-refractivity contribution in [2.75, 3.05) is 19.5 Å². The van der Waals surface area contributed by atoms with Crippen LogP contribution in [0, 0.1) is 0 Å². The standard InChI is InChI=1S/C19H24N4OS/c1-3-14-13-25-19-21-17(15-7-4-5-9-20-15)18(23(14)19)16-8-6-10-22(16)11-12-24-2/h4-10,14,17-18H,3,11-13H2,1-2H3/t14-,17-,18+/m0/s1. The number of nitrogens with zero attached hydrogens (tertiary/aromatic N) is 4. The molecular weight excluding hydrogens is 332 g/mol. The van der Waals surface area contributed by atoms with Gasteiger partial charge in [-0.1, -0.05) is 24.8 Å². The molecule has 2 aliphatic heterocycles. The van der Waals surface area contributed by atoms with Crippen molar-refractivity contribution in [2.24, 2.45) is 4.99 Å². The van der Waals surface area contributed by atoms with E-state index in [9.17, 15) is 0 Å². The molecule has 4 heterocycles. The first-order valence-corrected chi connectivity index (χ1v) is 9.86. The molecule has 2 aromatic heterocycles. The average Bonchev–Trinajstić information content (AvgIpc) is 3.35. The number of methoxy groups -OCH3 is 1. The lowest BCUT2D eigenvalue weighted by molar-refractivity contribution is 0.182. The predicted octanol–water partition coefficient (Wildman–Crippen LogP) is 3.51. The molecule has 1 fully saturated rings. The highest BCUT2D eigenvalue weighted by Gasteiger charge is 2.46. The zero-order valence-electron chi connectivity index (χ0n) is 14.7. The Morgan fingerprint density at radius 3 is 2.96 bits per heavy atom. The molecule has 0 bridgehead atoms. The Balaban J connectivity index is 1.74. The fraction of sp³-hybridized carbons (Fsp3) is 0.474. The van der Waals surface area contributed by atoms with Crippen LogP contribution in [0.15, 0.2) is 47.7 Å². The van der Waals surface area contributed by atoms with Gasteiger partial charge in [0.2, 0.25) is 0 Å². The molecule has 0 radical (unpaired) electrons. The van der Waals surface area contributed by atoms with Gasteiger partial charge in [0.25, 0.3) is 0 Å². The summed E-state index contributed by atoms with van der Waals surface area (Å²) in [7, 11) is 1.75. The summed E-state index contributed by atoms with van der Waals surface area (Å²) < 4.78 is 7.60. The number of hydrogen-bond acceptors (Lipinski definition) is 5. The first kappa shape index (κ1) is 16.7. The highest BCUT2D eigenvalue weighted by molar-refractivity contribution is 8.14. The summed E-state index contributed by atoms with van der Waals surface area (Å²) in [5.74, 6) is 1.12. The van der Waals surface area contributed by atoms with Crippen LogP contribution in [0.25, 0.3) is 0 Å². The number of ether oxygens (including phenoxy) is 1. The number of fused-ring (bicyclic) bond motifs is 1. The maximum Gasteiger partial charge on any atom is 0.160 e. The molecule has 6 heteroatoms. The largest absolute Gasteiger partial charge is 0.383 e. The van der Waals surface area contributed by atoms with Crippen LogP contribution in [-0.4, -0.2) is 45.1 Å². The van der Waals surface area contributed by atoms with E-state index in [1.807, 2.05) is 24.0 Å². The molecule has 0 amide bonds. The van der Waals surface area contributed by atoms with Crippen molar-refractivity contribution in [3.63, 3.8) is 0 Å². The summed E-state index contributed by atoms with van der Waals surface area (Å²) in [6, 6.07) is 11.3. The molecule has 2 aliphatic rings. The second-order valence-electron chi connectivity index (χ2n) is 6.46. The monoisotopic (exact) mass is 356 g/mol. The maximum atomic E-state index is 5.29. The van der Waals surface area contributed by atoms with Crippen LogP contribution < -0.4 is 0 Å². The van der Waals surface area contributed by atoms with Crippen LogP contribution in [0.1, 0.15) is 36.8 Å². The summed E-state index contributed by atoms with van der Waals surface area (Å²) in [4.78, 5) is 12.2. The van der Waals surface area contributed by atoms with E-state index in [2.05, 4.69) is 51.8 Å². The van der Waals surface area contributed by atoms with Gasteiger partial charge in [0.15, 0.2) is 5.17 Å². The van der Waals surface area contributed by atoms with E-state index in [1.165, 1.54) is 10.9 Å². The molecule has 0 unspecified atom stereocenters. The lowest BCUT2D eigenvalue weighted by Crippen LogP contribution is -2.36.